The molecule has 0 aliphatic carbocycles. The molecule has 0 bridgehead atoms. The number of hydrogen-bond acceptors (Lipinski definition) is 7. The predicted molar refractivity (Wildman–Crippen MR) is 126 cm³/mol. The number of anilines is 1. The molecule has 1 amide bonds. The van der Waals surface area contributed by atoms with E-state index in [2.05, 4.69) is 25.6 Å². The molecular weight excluding hydrogens is 439 g/mol. The number of carbonyl (C=O) groups is 1. The average Bonchev–Trinajstić information content (AvgIpc) is 2.84. The summed E-state index contributed by atoms with van der Waals surface area (Å²) in [7, 11) is 1.57. The maximum Gasteiger partial charge on any atom is 0.278 e. The van der Waals surface area contributed by atoms with E-state index in [4.69, 9.17) is 4.74 Å². The molecule has 0 saturated carbocycles. The second-order valence-electron chi connectivity index (χ2n) is 7.51. The Morgan fingerprint density at radius 1 is 1.09 bits per heavy atom. The van der Waals surface area contributed by atoms with Gasteiger partial charge in [0, 0.05) is 32.1 Å². The number of amides is 1. The van der Waals surface area contributed by atoms with E-state index in [0.29, 0.717) is 35.0 Å². The summed E-state index contributed by atoms with van der Waals surface area (Å²) in [5, 5.41) is 5.78. The van der Waals surface area contributed by atoms with E-state index in [-0.39, 0.29) is 36.1 Å². The predicted octanol–water partition coefficient (Wildman–Crippen LogP) is 2.75. The zero-order valence-corrected chi connectivity index (χ0v) is 18.7. The second-order valence-corrected chi connectivity index (χ2v) is 7.51. The summed E-state index contributed by atoms with van der Waals surface area (Å²) >= 11 is 0. The number of rotatable bonds is 8. The van der Waals surface area contributed by atoms with Crippen LogP contribution in [-0.4, -0.2) is 39.1 Å². The van der Waals surface area contributed by atoms with Gasteiger partial charge in [0.25, 0.3) is 5.56 Å². The first-order valence-corrected chi connectivity index (χ1v) is 10.6. The lowest BCUT2D eigenvalue weighted by atomic mass is 10.1. The standard InChI is InChI=1S/C24H23FN6O3/c1-15(32)26-11-12-31-22-20(29-21(23(31)33)17-5-9-19(34-2)10-6-17)14-28-24(30-22)27-13-16-3-7-18(25)8-4-16/h3-10,14H,11-13H2,1-2H3,(H,26,32)(H,27,28,30). The lowest BCUT2D eigenvalue weighted by Gasteiger charge is -2.13. The van der Waals surface area contributed by atoms with Crippen LogP contribution in [0.1, 0.15) is 12.5 Å². The molecule has 34 heavy (non-hydrogen) atoms. The molecule has 2 heterocycles. The fourth-order valence-electron chi connectivity index (χ4n) is 3.39. The van der Waals surface area contributed by atoms with Crippen LogP contribution in [0.2, 0.25) is 0 Å². The van der Waals surface area contributed by atoms with Gasteiger partial charge in [-0.1, -0.05) is 12.1 Å². The van der Waals surface area contributed by atoms with Crippen molar-refractivity contribution in [2.24, 2.45) is 0 Å². The third-order valence-electron chi connectivity index (χ3n) is 5.12. The number of fused-ring (bicyclic) bond motifs is 1. The van der Waals surface area contributed by atoms with Gasteiger partial charge in [-0.15, -0.1) is 0 Å². The summed E-state index contributed by atoms with van der Waals surface area (Å²) in [5.74, 6) is 0.449. The van der Waals surface area contributed by atoms with Crippen LogP contribution in [0, 0.1) is 5.82 Å². The van der Waals surface area contributed by atoms with Gasteiger partial charge in [0.15, 0.2) is 5.65 Å². The minimum Gasteiger partial charge on any atom is -0.497 e. The zero-order valence-electron chi connectivity index (χ0n) is 18.7. The fourth-order valence-corrected chi connectivity index (χ4v) is 3.39. The summed E-state index contributed by atoms with van der Waals surface area (Å²) in [6.45, 7) is 2.24. The highest BCUT2D eigenvalue weighted by Crippen LogP contribution is 2.20. The van der Waals surface area contributed by atoms with Crippen LogP contribution in [0.3, 0.4) is 0 Å². The number of benzene rings is 2. The van der Waals surface area contributed by atoms with Crippen molar-refractivity contribution in [1.29, 1.82) is 0 Å². The lowest BCUT2D eigenvalue weighted by Crippen LogP contribution is -2.31. The maximum absolute atomic E-state index is 13.4. The summed E-state index contributed by atoms with van der Waals surface area (Å²) < 4.78 is 19.8. The first-order valence-electron chi connectivity index (χ1n) is 10.6. The lowest BCUT2D eigenvalue weighted by molar-refractivity contribution is -0.118. The topological polar surface area (TPSA) is 111 Å². The molecule has 0 spiro atoms. The third kappa shape index (κ3) is 5.17. The molecule has 0 saturated heterocycles. The minimum atomic E-state index is -0.341. The van der Waals surface area contributed by atoms with E-state index >= 15 is 0 Å². The first kappa shape index (κ1) is 22.8. The Balaban J connectivity index is 1.71. The first-order chi connectivity index (χ1) is 16.4. The molecule has 9 nitrogen and oxygen atoms in total. The molecule has 174 valence electrons. The number of nitrogens with one attached hydrogen (secondary N) is 2. The number of methoxy groups -OCH3 is 1. The number of aromatic nitrogens is 4. The third-order valence-corrected chi connectivity index (χ3v) is 5.12. The van der Waals surface area contributed by atoms with Gasteiger partial charge in [-0.25, -0.2) is 14.4 Å². The summed E-state index contributed by atoms with van der Waals surface area (Å²) in [6.07, 6.45) is 1.54. The molecule has 0 fully saturated rings. The molecule has 2 aromatic heterocycles. The average molecular weight is 462 g/mol. The van der Waals surface area contributed by atoms with Crippen molar-refractivity contribution in [3.05, 3.63) is 76.5 Å². The van der Waals surface area contributed by atoms with Crippen LogP contribution >= 0.6 is 0 Å². The molecule has 2 aromatic carbocycles. The normalized spacial score (nSPS) is 10.8. The number of carbonyl (C=O) groups excluding carboxylic acids is 1. The largest absolute Gasteiger partial charge is 0.497 e. The number of ether oxygens (including phenoxy) is 1. The molecule has 0 aliphatic rings. The Bertz CT molecular complexity index is 1370. The number of nitrogens with zero attached hydrogens (tertiary/aromatic N) is 4. The van der Waals surface area contributed by atoms with Crippen LogP contribution in [-0.2, 0) is 17.9 Å². The van der Waals surface area contributed by atoms with Crippen molar-refractivity contribution in [1.82, 2.24) is 24.8 Å². The van der Waals surface area contributed by atoms with Crippen molar-refractivity contribution in [2.75, 3.05) is 19.0 Å². The highest BCUT2D eigenvalue weighted by molar-refractivity contribution is 5.75. The maximum atomic E-state index is 13.4. The summed E-state index contributed by atoms with van der Waals surface area (Å²) in [5.41, 5.74) is 2.14. The number of halogens is 1. The Labute approximate surface area is 194 Å². The SMILES string of the molecule is COc1ccc(-c2nc3cnc(NCc4ccc(F)cc4)nc3n(CCNC(C)=O)c2=O)cc1. The van der Waals surface area contributed by atoms with Crippen LogP contribution < -0.4 is 20.9 Å². The molecule has 0 radical (unpaired) electrons. The second kappa shape index (κ2) is 10.1. The van der Waals surface area contributed by atoms with Gasteiger partial charge in [-0.2, -0.15) is 4.98 Å². The van der Waals surface area contributed by atoms with Crippen molar-refractivity contribution in [3.8, 4) is 17.0 Å². The summed E-state index contributed by atoms with van der Waals surface area (Å²) in [6, 6.07) is 13.1. The van der Waals surface area contributed by atoms with Gasteiger partial charge in [0.1, 0.15) is 22.8 Å². The zero-order chi connectivity index (χ0) is 24.1. The highest BCUT2D eigenvalue weighted by atomic mass is 19.1. The molecule has 0 unspecified atom stereocenters. The van der Waals surface area contributed by atoms with Gasteiger partial charge in [-0.3, -0.25) is 14.2 Å². The van der Waals surface area contributed by atoms with Crippen LogP contribution in [0.25, 0.3) is 22.4 Å². The monoisotopic (exact) mass is 462 g/mol. The van der Waals surface area contributed by atoms with Gasteiger partial charge in [0.05, 0.1) is 13.3 Å². The van der Waals surface area contributed by atoms with Gasteiger partial charge in [-0.05, 0) is 42.0 Å². The Kier molecular flexibility index (Phi) is 6.77. The molecule has 0 aliphatic heterocycles. The Morgan fingerprint density at radius 3 is 2.50 bits per heavy atom. The van der Waals surface area contributed by atoms with E-state index in [1.807, 2.05) is 0 Å². The van der Waals surface area contributed by atoms with E-state index < -0.39 is 0 Å². The van der Waals surface area contributed by atoms with Crippen LogP contribution in [0.15, 0.2) is 59.5 Å². The van der Waals surface area contributed by atoms with Crippen LogP contribution in [0.4, 0.5) is 10.3 Å². The van der Waals surface area contributed by atoms with E-state index in [1.165, 1.54) is 29.8 Å². The molecule has 4 aromatic rings. The summed E-state index contributed by atoms with van der Waals surface area (Å²) in [4.78, 5) is 38.1. The molecule has 2 N–H and O–H groups in total. The van der Waals surface area contributed by atoms with E-state index in [1.54, 1.807) is 43.5 Å². The van der Waals surface area contributed by atoms with Crippen molar-refractivity contribution < 1.29 is 13.9 Å². The van der Waals surface area contributed by atoms with Gasteiger partial charge >= 0.3 is 0 Å². The van der Waals surface area contributed by atoms with Crippen LogP contribution in [0.5, 0.6) is 5.75 Å². The number of hydrogen-bond donors (Lipinski definition) is 2. The molecular formula is C24H23FN6O3. The smallest absolute Gasteiger partial charge is 0.278 e. The van der Waals surface area contributed by atoms with E-state index in [9.17, 15) is 14.0 Å². The Hall–Kier alpha value is -4.34. The van der Waals surface area contributed by atoms with Gasteiger partial charge < -0.3 is 15.4 Å². The highest BCUT2D eigenvalue weighted by Gasteiger charge is 2.15. The minimum absolute atomic E-state index is 0.196. The van der Waals surface area contributed by atoms with Crippen molar-refractivity contribution in [2.45, 2.75) is 20.0 Å². The fraction of sp³-hybridized carbons (Fsp3) is 0.208. The molecule has 10 heteroatoms. The molecule has 4 rings (SSSR count). The van der Waals surface area contributed by atoms with Gasteiger partial charge in [0.2, 0.25) is 11.9 Å². The van der Waals surface area contributed by atoms with E-state index in [0.717, 1.165) is 5.56 Å². The van der Waals surface area contributed by atoms with Crippen molar-refractivity contribution in [3.63, 3.8) is 0 Å². The Morgan fingerprint density at radius 2 is 1.82 bits per heavy atom. The van der Waals surface area contributed by atoms with Crippen molar-refractivity contribution >= 4 is 23.0 Å². The molecule has 0 atom stereocenters. The quantitative estimate of drug-likeness (QED) is 0.414.